The maximum absolute atomic E-state index is 13.4. The van der Waals surface area contributed by atoms with Gasteiger partial charge in [0.25, 0.3) is 5.91 Å². The molecule has 0 saturated carbocycles. The van der Waals surface area contributed by atoms with Crippen molar-refractivity contribution in [1.82, 2.24) is 10.6 Å². The van der Waals surface area contributed by atoms with Gasteiger partial charge in [-0.2, -0.15) is 0 Å². The molecule has 0 radical (unpaired) electrons. The van der Waals surface area contributed by atoms with Gasteiger partial charge >= 0.3 is 6.03 Å². The van der Waals surface area contributed by atoms with E-state index in [-0.39, 0.29) is 11.3 Å². The van der Waals surface area contributed by atoms with Crippen LogP contribution in [-0.2, 0) is 4.79 Å². The van der Waals surface area contributed by atoms with Crippen molar-refractivity contribution < 1.29 is 23.1 Å². The van der Waals surface area contributed by atoms with Gasteiger partial charge in [-0.1, -0.05) is 18.2 Å². The van der Waals surface area contributed by atoms with Gasteiger partial charge in [0.1, 0.15) is 5.75 Å². The third-order valence-corrected chi connectivity index (χ3v) is 4.14. The molecule has 0 saturated heterocycles. The second-order valence-electron chi connectivity index (χ2n) is 5.90. The SMILES string of the molecule is COc1ccccc1[C@H]1NC(=O)NC(C)=C1C(=O)Nc1ccc(F)c(F)c1. The fourth-order valence-corrected chi connectivity index (χ4v) is 2.91. The molecular formula is C19H17F2N3O3. The minimum atomic E-state index is -1.07. The van der Waals surface area contributed by atoms with Gasteiger partial charge in [0, 0.05) is 23.0 Å². The number of halogens is 2. The third-order valence-electron chi connectivity index (χ3n) is 4.14. The van der Waals surface area contributed by atoms with E-state index in [2.05, 4.69) is 16.0 Å². The Morgan fingerprint density at radius 1 is 1.15 bits per heavy atom. The number of methoxy groups -OCH3 is 1. The number of ether oxygens (including phenoxy) is 1. The van der Waals surface area contributed by atoms with Gasteiger partial charge in [-0.05, 0) is 25.1 Å². The zero-order valence-corrected chi connectivity index (χ0v) is 14.6. The molecule has 3 N–H and O–H groups in total. The lowest BCUT2D eigenvalue weighted by molar-refractivity contribution is -0.113. The van der Waals surface area contributed by atoms with Crippen LogP contribution in [0.3, 0.4) is 0 Å². The summed E-state index contributed by atoms with van der Waals surface area (Å²) in [6, 6.07) is 8.78. The second-order valence-corrected chi connectivity index (χ2v) is 5.90. The van der Waals surface area contributed by atoms with Crippen LogP contribution in [0.4, 0.5) is 19.3 Å². The van der Waals surface area contributed by atoms with Gasteiger partial charge < -0.3 is 20.7 Å². The normalized spacial score (nSPS) is 16.4. The number of allylic oxidation sites excluding steroid dienone is 1. The van der Waals surface area contributed by atoms with Crippen molar-refractivity contribution in [1.29, 1.82) is 0 Å². The van der Waals surface area contributed by atoms with E-state index in [0.717, 1.165) is 12.1 Å². The van der Waals surface area contributed by atoms with Crippen LogP contribution in [0.15, 0.2) is 53.7 Å². The van der Waals surface area contributed by atoms with Crippen LogP contribution in [0, 0.1) is 11.6 Å². The van der Waals surface area contributed by atoms with Crippen molar-refractivity contribution in [3.63, 3.8) is 0 Å². The van der Waals surface area contributed by atoms with E-state index < -0.39 is 29.6 Å². The number of urea groups is 1. The van der Waals surface area contributed by atoms with Gasteiger partial charge in [0.15, 0.2) is 11.6 Å². The van der Waals surface area contributed by atoms with E-state index in [1.165, 1.54) is 13.2 Å². The highest BCUT2D eigenvalue weighted by atomic mass is 19.2. The molecule has 0 bridgehead atoms. The predicted molar refractivity (Wildman–Crippen MR) is 95.1 cm³/mol. The maximum Gasteiger partial charge on any atom is 0.319 e. The number of hydrogen-bond donors (Lipinski definition) is 3. The largest absolute Gasteiger partial charge is 0.496 e. The molecule has 1 aliphatic heterocycles. The number of carbonyl (C=O) groups excluding carboxylic acids is 2. The fraction of sp³-hybridized carbons (Fsp3) is 0.158. The number of benzene rings is 2. The Morgan fingerprint density at radius 2 is 1.89 bits per heavy atom. The molecule has 0 spiro atoms. The highest BCUT2D eigenvalue weighted by molar-refractivity contribution is 6.06. The second kappa shape index (κ2) is 7.45. The molecule has 1 aliphatic rings. The summed E-state index contributed by atoms with van der Waals surface area (Å²) in [5.41, 5.74) is 1.25. The molecule has 1 atom stereocenters. The third kappa shape index (κ3) is 3.74. The van der Waals surface area contributed by atoms with Crippen LogP contribution in [0.5, 0.6) is 5.75 Å². The van der Waals surface area contributed by atoms with Crippen molar-refractivity contribution in [2.75, 3.05) is 12.4 Å². The number of para-hydroxylation sites is 1. The Kier molecular flexibility index (Phi) is 5.07. The first-order chi connectivity index (χ1) is 12.9. The highest BCUT2D eigenvalue weighted by Gasteiger charge is 2.32. The standard InChI is InChI=1S/C19H17F2N3O3/c1-10-16(18(25)23-11-7-8-13(20)14(21)9-11)17(24-19(26)22-10)12-5-3-4-6-15(12)27-2/h3-9,17H,1-2H3,(H,23,25)(H2,22,24,26)/t17-/m1/s1. The molecule has 3 rings (SSSR count). The van der Waals surface area contributed by atoms with Crippen molar-refractivity contribution in [2.24, 2.45) is 0 Å². The van der Waals surface area contributed by atoms with Gasteiger partial charge in [-0.25, -0.2) is 13.6 Å². The fourth-order valence-electron chi connectivity index (χ4n) is 2.91. The lowest BCUT2D eigenvalue weighted by Crippen LogP contribution is -2.46. The molecule has 1 heterocycles. The minimum absolute atomic E-state index is 0.0925. The smallest absolute Gasteiger partial charge is 0.319 e. The Hall–Kier alpha value is -3.42. The average molecular weight is 373 g/mol. The number of anilines is 1. The summed E-state index contributed by atoms with van der Waals surface area (Å²) in [5, 5.41) is 7.77. The minimum Gasteiger partial charge on any atom is -0.496 e. The maximum atomic E-state index is 13.4. The summed E-state index contributed by atoms with van der Waals surface area (Å²) in [6.45, 7) is 1.58. The Bertz CT molecular complexity index is 944. The molecular weight excluding hydrogens is 356 g/mol. The molecule has 140 valence electrons. The van der Waals surface area contributed by atoms with Crippen LogP contribution in [0.1, 0.15) is 18.5 Å². The number of carbonyl (C=O) groups is 2. The van der Waals surface area contributed by atoms with Gasteiger partial charge in [0.2, 0.25) is 0 Å². The number of nitrogens with one attached hydrogen (secondary N) is 3. The van der Waals surface area contributed by atoms with Crippen LogP contribution < -0.4 is 20.7 Å². The van der Waals surface area contributed by atoms with Crippen LogP contribution in [0.25, 0.3) is 0 Å². The number of rotatable bonds is 4. The summed E-state index contributed by atoms with van der Waals surface area (Å²) < 4.78 is 31.8. The summed E-state index contributed by atoms with van der Waals surface area (Å²) in [6.07, 6.45) is 0. The van der Waals surface area contributed by atoms with Crippen LogP contribution in [-0.4, -0.2) is 19.0 Å². The van der Waals surface area contributed by atoms with E-state index >= 15 is 0 Å². The molecule has 0 aromatic heterocycles. The number of amides is 3. The van der Waals surface area contributed by atoms with Crippen LogP contribution >= 0.6 is 0 Å². The molecule has 2 aromatic carbocycles. The molecule has 6 nitrogen and oxygen atoms in total. The Balaban J connectivity index is 1.98. The van der Waals surface area contributed by atoms with Crippen molar-refractivity contribution in [3.8, 4) is 5.75 Å². The first-order valence-electron chi connectivity index (χ1n) is 8.08. The quantitative estimate of drug-likeness (QED) is 0.770. The van der Waals surface area contributed by atoms with E-state index in [0.29, 0.717) is 17.0 Å². The van der Waals surface area contributed by atoms with Crippen LogP contribution in [0.2, 0.25) is 0 Å². The summed E-state index contributed by atoms with van der Waals surface area (Å²) in [4.78, 5) is 24.8. The van der Waals surface area contributed by atoms with E-state index in [1.54, 1.807) is 31.2 Å². The van der Waals surface area contributed by atoms with Gasteiger partial charge in [-0.3, -0.25) is 4.79 Å². The molecule has 0 aliphatic carbocycles. The average Bonchev–Trinajstić information content (AvgIpc) is 2.64. The number of hydrogen-bond acceptors (Lipinski definition) is 3. The summed E-state index contributed by atoms with van der Waals surface area (Å²) in [7, 11) is 1.49. The Morgan fingerprint density at radius 3 is 2.59 bits per heavy atom. The van der Waals surface area contributed by atoms with E-state index in [9.17, 15) is 18.4 Å². The predicted octanol–water partition coefficient (Wildman–Crippen LogP) is 3.24. The topological polar surface area (TPSA) is 79.5 Å². The molecule has 2 aromatic rings. The first-order valence-corrected chi connectivity index (χ1v) is 8.08. The molecule has 0 unspecified atom stereocenters. The van der Waals surface area contributed by atoms with Crippen molar-refractivity contribution >= 4 is 17.6 Å². The lowest BCUT2D eigenvalue weighted by Gasteiger charge is -2.29. The zero-order valence-electron chi connectivity index (χ0n) is 14.6. The highest BCUT2D eigenvalue weighted by Crippen LogP contribution is 2.33. The summed E-state index contributed by atoms with van der Waals surface area (Å²) in [5.74, 6) is -2.16. The zero-order chi connectivity index (χ0) is 19.6. The lowest BCUT2D eigenvalue weighted by atomic mass is 9.94. The van der Waals surface area contributed by atoms with Crippen molar-refractivity contribution in [3.05, 3.63) is 70.9 Å². The first kappa shape index (κ1) is 18.4. The Labute approximate surface area is 154 Å². The molecule has 0 fully saturated rings. The van der Waals surface area contributed by atoms with Gasteiger partial charge in [0.05, 0.1) is 18.7 Å². The van der Waals surface area contributed by atoms with E-state index in [1.807, 2.05) is 0 Å². The molecule has 27 heavy (non-hydrogen) atoms. The van der Waals surface area contributed by atoms with Gasteiger partial charge in [-0.15, -0.1) is 0 Å². The van der Waals surface area contributed by atoms with Crippen molar-refractivity contribution in [2.45, 2.75) is 13.0 Å². The molecule has 8 heteroatoms. The molecule has 3 amide bonds. The monoisotopic (exact) mass is 373 g/mol. The summed E-state index contributed by atoms with van der Waals surface area (Å²) >= 11 is 0. The van der Waals surface area contributed by atoms with E-state index in [4.69, 9.17) is 4.74 Å².